The van der Waals surface area contributed by atoms with Gasteiger partial charge in [-0.25, -0.2) is 4.79 Å². The topological polar surface area (TPSA) is 160 Å². The predicted molar refractivity (Wildman–Crippen MR) is 177 cm³/mol. The maximum atomic E-state index is 13.9. The molecule has 264 valence electrons. The molecule has 0 aromatic heterocycles. The van der Waals surface area contributed by atoms with E-state index in [1.165, 1.54) is 6.92 Å². The summed E-state index contributed by atoms with van der Waals surface area (Å²) in [4.78, 5) is 47.4. The van der Waals surface area contributed by atoms with E-state index in [4.69, 9.17) is 24.5 Å². The molecule has 14 heteroatoms. The molecule has 0 N–H and O–H groups in total. The molecule has 11 atom stereocenters. The third-order valence-electron chi connectivity index (χ3n) is 10.1. The van der Waals surface area contributed by atoms with Gasteiger partial charge in [0.1, 0.15) is 17.7 Å². The Morgan fingerprint density at radius 1 is 1.19 bits per heavy atom. The van der Waals surface area contributed by atoms with Crippen LogP contribution < -0.4 is 0 Å². The number of nitrogens with zero attached hydrogens (tertiary/aromatic N) is 5. The Labute approximate surface area is 280 Å². The molecule has 0 radical (unpaired) electrons. The highest BCUT2D eigenvalue weighted by Crippen LogP contribution is 2.42. The Balaban J connectivity index is 1.99. The van der Waals surface area contributed by atoms with Crippen LogP contribution in [0.25, 0.3) is 10.4 Å². The van der Waals surface area contributed by atoms with Crippen molar-refractivity contribution in [3.63, 3.8) is 0 Å². The van der Waals surface area contributed by atoms with Crippen molar-refractivity contribution in [2.24, 2.45) is 22.9 Å². The Kier molecular flexibility index (Phi) is 14.2. The minimum Gasteiger partial charge on any atom is -0.458 e. The van der Waals surface area contributed by atoms with Crippen molar-refractivity contribution in [3.05, 3.63) is 22.1 Å². The van der Waals surface area contributed by atoms with Crippen LogP contribution >= 0.6 is 8.46 Å². The molecule has 3 heterocycles. The van der Waals surface area contributed by atoms with Gasteiger partial charge in [0.15, 0.2) is 26.1 Å². The number of ketones is 1. The number of hydrogen-bond acceptors (Lipinski definition) is 10. The summed E-state index contributed by atoms with van der Waals surface area (Å²) in [7, 11) is 3.77. The molecule has 0 aliphatic carbocycles. The lowest BCUT2D eigenvalue weighted by molar-refractivity contribution is -0.218. The molecule has 0 spiro atoms. The van der Waals surface area contributed by atoms with Crippen LogP contribution in [0, 0.1) is 17.8 Å². The average molecular weight is 680 g/mol. The number of ether oxygens (including phenoxy) is 4. The zero-order valence-corrected chi connectivity index (χ0v) is 30.4. The number of rotatable bonds is 10. The molecule has 3 unspecified atom stereocenters. The molecule has 2 fully saturated rings. The number of esters is 1. The van der Waals surface area contributed by atoms with Gasteiger partial charge in [-0.05, 0) is 97.3 Å². The van der Waals surface area contributed by atoms with Gasteiger partial charge < -0.3 is 28.7 Å². The van der Waals surface area contributed by atoms with Gasteiger partial charge >= 0.3 is 12.1 Å². The van der Waals surface area contributed by atoms with Gasteiger partial charge in [0.05, 0.1) is 18.2 Å². The molecule has 13 nitrogen and oxygen atoms in total. The second-order valence-electron chi connectivity index (χ2n) is 13.8. The smallest absolute Gasteiger partial charge is 0.410 e. The van der Waals surface area contributed by atoms with E-state index in [-0.39, 0.29) is 32.3 Å². The minimum atomic E-state index is -1.14. The van der Waals surface area contributed by atoms with Crippen LogP contribution in [0.3, 0.4) is 0 Å². The Hall–Kier alpha value is -2.56. The highest BCUT2D eigenvalue weighted by Gasteiger charge is 2.58. The van der Waals surface area contributed by atoms with Gasteiger partial charge in [-0.15, -0.1) is 0 Å². The molecule has 3 rings (SSSR count). The number of carbonyl (C=O) groups is 3. The Morgan fingerprint density at radius 2 is 1.89 bits per heavy atom. The van der Waals surface area contributed by atoms with Crippen molar-refractivity contribution in [1.82, 2.24) is 9.80 Å². The number of Topliss-reactive ketones (excluding diaryl/α,β-unsaturated/α-hetero) is 1. The lowest BCUT2D eigenvalue weighted by Gasteiger charge is -2.42. The lowest BCUT2D eigenvalue weighted by Crippen LogP contribution is -2.56. The molecular formula is C33H54N5O8P. The molecule has 0 bridgehead atoms. The fraction of sp³-hybridized carbons (Fsp3) is 0.848. The first kappa shape index (κ1) is 38.9. The molecule has 47 heavy (non-hydrogen) atoms. The fourth-order valence-electron chi connectivity index (χ4n) is 7.49. The SMILES string of the molecule is CC[C@H]1OC(=O)[C@H](C)C(=O)[C@H](C)[C@@H](O[C@@H]2OC(C)CC(N(C)C)C2P=O)/C(C)=C/CC[C@H](C)[C@H]2N(CCCCN=[N+]=[N-])C(=O)O[C@]12C. The van der Waals surface area contributed by atoms with Crippen molar-refractivity contribution in [2.75, 3.05) is 27.2 Å². The third kappa shape index (κ3) is 8.92. The van der Waals surface area contributed by atoms with E-state index in [0.29, 0.717) is 51.6 Å². The van der Waals surface area contributed by atoms with Gasteiger partial charge in [-0.3, -0.25) is 14.2 Å². The van der Waals surface area contributed by atoms with Gasteiger partial charge in [-0.1, -0.05) is 32.0 Å². The number of allylic oxidation sites excluding steroid dienone is 1. The highest BCUT2D eigenvalue weighted by atomic mass is 31.1. The summed E-state index contributed by atoms with van der Waals surface area (Å²) in [5.74, 6) is -2.92. The number of azide groups is 1. The van der Waals surface area contributed by atoms with Crippen molar-refractivity contribution in [3.8, 4) is 0 Å². The molecular weight excluding hydrogens is 625 g/mol. The standard InChI is InChI=1S/C33H54N5O8P/c1-10-25-33(7)29(38(32(41)46-33)17-12-11-16-35-36-34)20(3)15-13-14-19(2)27(22(5)26(39)23(6)30(40)44-25)45-31-28(47-42)24(37(8)9)18-21(4)43-31/h14,20-25,27-29,31H,10-13,15-18H2,1-9H3/b19-14+/t20-,21?,22-,23+,24?,25+,27-,28?,29+,31-,33+/m0/s1. The van der Waals surface area contributed by atoms with E-state index >= 15 is 0 Å². The molecule has 0 aromatic rings. The van der Waals surface area contributed by atoms with Crippen LogP contribution in [0.2, 0.25) is 0 Å². The molecule has 0 aromatic carbocycles. The fourth-order valence-corrected chi connectivity index (χ4v) is 8.26. The van der Waals surface area contributed by atoms with E-state index < -0.39 is 59.7 Å². The lowest BCUT2D eigenvalue weighted by atomic mass is 9.79. The van der Waals surface area contributed by atoms with Gasteiger partial charge in [-0.2, -0.15) is 0 Å². The largest absolute Gasteiger partial charge is 0.458 e. The van der Waals surface area contributed by atoms with E-state index in [1.807, 2.05) is 46.7 Å². The first-order chi connectivity index (χ1) is 22.2. The van der Waals surface area contributed by atoms with Gasteiger partial charge in [0, 0.05) is 30.0 Å². The van der Waals surface area contributed by atoms with Crippen molar-refractivity contribution >= 4 is 26.3 Å². The maximum Gasteiger partial charge on any atom is 0.410 e. The van der Waals surface area contributed by atoms with Crippen LogP contribution in [0.1, 0.15) is 87.0 Å². The average Bonchev–Trinajstić information content (AvgIpc) is 3.29. The van der Waals surface area contributed by atoms with E-state index in [1.54, 1.807) is 11.8 Å². The van der Waals surface area contributed by atoms with Crippen LogP contribution in [-0.4, -0.2) is 103 Å². The van der Waals surface area contributed by atoms with Crippen LogP contribution in [0.15, 0.2) is 16.8 Å². The minimum absolute atomic E-state index is 0.0498. The van der Waals surface area contributed by atoms with Crippen LogP contribution in [0.5, 0.6) is 0 Å². The molecule has 1 amide bonds. The quantitative estimate of drug-likeness (QED) is 0.0377. The second kappa shape index (κ2) is 17.2. The van der Waals surface area contributed by atoms with Gasteiger partial charge in [0.2, 0.25) is 0 Å². The summed E-state index contributed by atoms with van der Waals surface area (Å²) in [6, 6.07) is -0.456. The summed E-state index contributed by atoms with van der Waals surface area (Å²) in [5, 5.41) is 3.60. The Morgan fingerprint density at radius 3 is 2.51 bits per heavy atom. The number of cyclic esters (lactones) is 1. The zero-order valence-electron chi connectivity index (χ0n) is 29.5. The first-order valence-corrected chi connectivity index (χ1v) is 17.8. The second-order valence-corrected chi connectivity index (χ2v) is 14.6. The number of hydrogen-bond donors (Lipinski definition) is 0. The summed E-state index contributed by atoms with van der Waals surface area (Å²) >= 11 is 0. The normalized spacial score (nSPS) is 38.6. The number of amides is 1. The number of fused-ring (bicyclic) bond motifs is 1. The molecule has 3 aliphatic rings. The molecule has 3 aliphatic heterocycles. The van der Waals surface area contributed by atoms with Crippen LogP contribution in [0.4, 0.5) is 4.79 Å². The van der Waals surface area contributed by atoms with E-state index in [0.717, 1.165) is 5.57 Å². The van der Waals surface area contributed by atoms with Crippen LogP contribution in [-0.2, 0) is 33.1 Å². The van der Waals surface area contributed by atoms with E-state index in [2.05, 4.69) is 23.0 Å². The van der Waals surface area contributed by atoms with Gasteiger partial charge in [0.25, 0.3) is 0 Å². The molecule has 0 saturated carbocycles. The zero-order chi connectivity index (χ0) is 35.1. The molecule has 2 saturated heterocycles. The van der Waals surface area contributed by atoms with Crippen molar-refractivity contribution in [1.29, 1.82) is 0 Å². The number of unbranched alkanes of at least 4 members (excludes halogenated alkanes) is 1. The summed E-state index contributed by atoms with van der Waals surface area (Å²) in [6.07, 6.45) is 2.71. The van der Waals surface area contributed by atoms with E-state index in [9.17, 15) is 18.9 Å². The summed E-state index contributed by atoms with van der Waals surface area (Å²) in [6.45, 7) is 13.6. The number of carbonyl (C=O) groups excluding carboxylic acids is 3. The first-order valence-electron chi connectivity index (χ1n) is 16.9. The van der Waals surface area contributed by atoms with Crippen molar-refractivity contribution in [2.45, 2.75) is 135 Å². The Bertz CT molecular complexity index is 1210. The van der Waals surface area contributed by atoms with Crippen molar-refractivity contribution < 1.29 is 37.9 Å². The maximum absolute atomic E-state index is 13.9. The monoisotopic (exact) mass is 679 g/mol. The third-order valence-corrected chi connectivity index (χ3v) is 11.0. The highest BCUT2D eigenvalue weighted by molar-refractivity contribution is 7.24. The predicted octanol–water partition coefficient (Wildman–Crippen LogP) is 6.31. The summed E-state index contributed by atoms with van der Waals surface area (Å²) in [5.41, 5.74) is 7.82. The summed E-state index contributed by atoms with van der Waals surface area (Å²) < 4.78 is 37.3.